The minimum atomic E-state index is -1.01. The van der Waals surface area contributed by atoms with Gasteiger partial charge in [0.2, 0.25) is 0 Å². The first-order chi connectivity index (χ1) is 6.54. The summed E-state index contributed by atoms with van der Waals surface area (Å²) in [5.74, 6) is -2.67. The van der Waals surface area contributed by atoms with Gasteiger partial charge in [0.05, 0.1) is 0 Å². The van der Waals surface area contributed by atoms with Gasteiger partial charge in [0.15, 0.2) is 5.11 Å². The molecule has 0 saturated carbocycles. The molecule has 0 atom stereocenters. The first-order valence-corrected chi connectivity index (χ1v) is 4.67. The second kappa shape index (κ2) is 3.83. The van der Waals surface area contributed by atoms with Crippen molar-refractivity contribution in [2.24, 2.45) is 0 Å². The number of carbonyl (C=O) groups is 3. The molecule has 1 fully saturated rings. The van der Waals surface area contributed by atoms with Crippen LogP contribution in [-0.2, 0) is 14.4 Å². The minimum Gasteiger partial charge on any atom is -0.282 e. The van der Waals surface area contributed by atoms with Gasteiger partial charge in [-0.3, -0.25) is 24.2 Å². The summed E-state index contributed by atoms with van der Waals surface area (Å²) >= 11 is 4.91. The Morgan fingerprint density at radius 1 is 1.00 bits per heavy atom. The van der Waals surface area contributed by atoms with Crippen LogP contribution in [0, 0.1) is 0 Å². The van der Waals surface area contributed by atoms with Crippen LogP contribution >= 0.6 is 12.2 Å². The maximum atomic E-state index is 11.3. The Labute approximate surface area is 86.7 Å². The molecule has 0 spiro atoms. The third-order valence-corrected chi connectivity index (χ3v) is 2.41. The predicted molar refractivity (Wildman–Crippen MR) is 52.4 cm³/mol. The highest BCUT2D eigenvalue weighted by Gasteiger charge is 2.40. The van der Waals surface area contributed by atoms with E-state index in [1.54, 1.807) is 13.8 Å². The number of amides is 2. The molecular weight excluding hydrogens is 204 g/mol. The van der Waals surface area contributed by atoms with Gasteiger partial charge in [0.1, 0.15) is 0 Å². The van der Waals surface area contributed by atoms with E-state index in [1.165, 1.54) is 0 Å². The van der Waals surface area contributed by atoms with E-state index in [-0.39, 0.29) is 5.11 Å². The van der Waals surface area contributed by atoms with Gasteiger partial charge in [-0.1, -0.05) is 0 Å². The fourth-order valence-electron chi connectivity index (χ4n) is 1.21. The summed E-state index contributed by atoms with van der Waals surface area (Å²) in [5.41, 5.74) is 0. The Bertz CT molecular complexity index is 299. The number of Topliss-reactive ketones (excluding diaryl/α,β-unsaturated/α-hetero) is 1. The lowest BCUT2D eigenvalue weighted by molar-refractivity contribution is -0.153. The molecular formula is C8H10N2O3S. The Balaban J connectivity index is 3.07. The monoisotopic (exact) mass is 214 g/mol. The molecule has 0 aromatic carbocycles. The SMILES string of the molecule is CCN1C(=O)C(=O)C(=O)N(CC)C1=S. The molecule has 1 heterocycles. The first kappa shape index (κ1) is 10.8. The molecule has 0 aliphatic carbocycles. The third kappa shape index (κ3) is 1.41. The van der Waals surface area contributed by atoms with E-state index in [4.69, 9.17) is 12.2 Å². The molecule has 76 valence electrons. The average Bonchev–Trinajstić information content (AvgIpc) is 2.16. The van der Waals surface area contributed by atoms with Gasteiger partial charge >= 0.3 is 17.6 Å². The fourth-order valence-corrected chi connectivity index (χ4v) is 1.64. The summed E-state index contributed by atoms with van der Waals surface area (Å²) in [6, 6.07) is 0. The molecule has 1 rings (SSSR count). The maximum Gasteiger partial charge on any atom is 0.308 e. The smallest absolute Gasteiger partial charge is 0.282 e. The Morgan fingerprint density at radius 3 is 1.64 bits per heavy atom. The number of carbonyl (C=O) groups excluding carboxylic acids is 3. The molecule has 6 heteroatoms. The van der Waals surface area contributed by atoms with Crippen molar-refractivity contribution in [1.82, 2.24) is 9.80 Å². The molecule has 0 N–H and O–H groups in total. The lowest BCUT2D eigenvalue weighted by Gasteiger charge is -2.32. The Morgan fingerprint density at radius 2 is 1.36 bits per heavy atom. The van der Waals surface area contributed by atoms with Crippen molar-refractivity contribution in [3.8, 4) is 0 Å². The van der Waals surface area contributed by atoms with Crippen LogP contribution in [0.3, 0.4) is 0 Å². The molecule has 5 nitrogen and oxygen atoms in total. The summed E-state index contributed by atoms with van der Waals surface area (Å²) in [6.07, 6.45) is 0. The van der Waals surface area contributed by atoms with Crippen LogP contribution in [0.15, 0.2) is 0 Å². The summed E-state index contributed by atoms with van der Waals surface area (Å²) in [6.45, 7) is 3.99. The zero-order valence-electron chi connectivity index (χ0n) is 7.94. The van der Waals surface area contributed by atoms with Crippen molar-refractivity contribution in [2.45, 2.75) is 13.8 Å². The molecule has 0 unspecified atom stereocenters. The van der Waals surface area contributed by atoms with Gasteiger partial charge in [-0.25, -0.2) is 0 Å². The van der Waals surface area contributed by atoms with Crippen LogP contribution in [0.5, 0.6) is 0 Å². The van der Waals surface area contributed by atoms with Gasteiger partial charge in [-0.05, 0) is 26.1 Å². The largest absolute Gasteiger partial charge is 0.308 e. The van der Waals surface area contributed by atoms with Gasteiger partial charge in [0, 0.05) is 13.1 Å². The van der Waals surface area contributed by atoms with Crippen LogP contribution < -0.4 is 0 Å². The second-order valence-electron chi connectivity index (χ2n) is 2.71. The van der Waals surface area contributed by atoms with E-state index in [0.29, 0.717) is 13.1 Å². The first-order valence-electron chi connectivity index (χ1n) is 4.26. The third-order valence-electron chi connectivity index (χ3n) is 1.97. The summed E-state index contributed by atoms with van der Waals surface area (Å²) < 4.78 is 0. The molecule has 0 radical (unpaired) electrons. The highest BCUT2D eigenvalue weighted by molar-refractivity contribution is 7.80. The quantitative estimate of drug-likeness (QED) is 0.461. The van der Waals surface area contributed by atoms with Crippen LogP contribution in [0.2, 0.25) is 0 Å². The molecule has 0 bridgehead atoms. The number of ketones is 1. The minimum absolute atomic E-state index is 0.115. The van der Waals surface area contributed by atoms with E-state index in [9.17, 15) is 14.4 Å². The van der Waals surface area contributed by atoms with Gasteiger partial charge < -0.3 is 0 Å². The number of hydrogen-bond donors (Lipinski definition) is 0. The van der Waals surface area contributed by atoms with Crippen LogP contribution in [-0.4, -0.2) is 45.6 Å². The second-order valence-corrected chi connectivity index (χ2v) is 3.08. The highest BCUT2D eigenvalue weighted by atomic mass is 32.1. The van der Waals surface area contributed by atoms with Crippen molar-refractivity contribution < 1.29 is 14.4 Å². The van der Waals surface area contributed by atoms with E-state index in [2.05, 4.69) is 0 Å². The highest BCUT2D eigenvalue weighted by Crippen LogP contribution is 2.09. The zero-order chi connectivity index (χ0) is 10.9. The van der Waals surface area contributed by atoms with Crippen LogP contribution in [0.4, 0.5) is 0 Å². The summed E-state index contributed by atoms with van der Waals surface area (Å²) in [7, 11) is 0. The molecule has 0 aromatic rings. The van der Waals surface area contributed by atoms with Gasteiger partial charge in [-0.15, -0.1) is 0 Å². The van der Waals surface area contributed by atoms with E-state index < -0.39 is 17.6 Å². The number of thiocarbonyl (C=S) groups is 1. The normalized spacial score (nSPS) is 18.1. The van der Waals surface area contributed by atoms with Gasteiger partial charge in [-0.2, -0.15) is 0 Å². The Kier molecular flexibility index (Phi) is 2.95. The number of rotatable bonds is 2. The molecule has 1 aliphatic heterocycles. The Hall–Kier alpha value is -1.30. The standard InChI is InChI=1S/C8H10N2O3S/c1-3-9-6(12)5(11)7(13)10(4-2)8(9)14/h3-4H2,1-2H3. The number of likely N-dealkylation sites (N-methyl/N-ethyl adjacent to an activating group) is 2. The topological polar surface area (TPSA) is 57.7 Å². The van der Waals surface area contributed by atoms with Crippen molar-refractivity contribution in [2.75, 3.05) is 13.1 Å². The average molecular weight is 214 g/mol. The van der Waals surface area contributed by atoms with Gasteiger partial charge in [0.25, 0.3) is 0 Å². The number of nitrogens with zero attached hydrogens (tertiary/aromatic N) is 2. The van der Waals surface area contributed by atoms with Crippen molar-refractivity contribution in [3.05, 3.63) is 0 Å². The molecule has 1 saturated heterocycles. The zero-order valence-corrected chi connectivity index (χ0v) is 8.76. The molecule has 0 aromatic heterocycles. The van der Waals surface area contributed by atoms with Crippen LogP contribution in [0.25, 0.3) is 0 Å². The van der Waals surface area contributed by atoms with E-state index >= 15 is 0 Å². The summed E-state index contributed by atoms with van der Waals surface area (Å²) in [5, 5.41) is 0.115. The maximum absolute atomic E-state index is 11.3. The molecule has 14 heavy (non-hydrogen) atoms. The van der Waals surface area contributed by atoms with Crippen molar-refractivity contribution in [3.63, 3.8) is 0 Å². The number of hydrogen-bond acceptors (Lipinski definition) is 4. The lowest BCUT2D eigenvalue weighted by atomic mass is 10.2. The van der Waals surface area contributed by atoms with Crippen molar-refractivity contribution >= 4 is 34.9 Å². The van der Waals surface area contributed by atoms with Crippen LogP contribution in [0.1, 0.15) is 13.8 Å². The molecule has 1 aliphatic rings. The lowest BCUT2D eigenvalue weighted by Crippen LogP contribution is -2.59. The fraction of sp³-hybridized carbons (Fsp3) is 0.500. The predicted octanol–water partition coefficient (Wildman–Crippen LogP) is -0.449. The van der Waals surface area contributed by atoms with Crippen molar-refractivity contribution in [1.29, 1.82) is 0 Å². The molecule has 2 amide bonds. The van der Waals surface area contributed by atoms with E-state index in [1.807, 2.05) is 0 Å². The summed E-state index contributed by atoms with van der Waals surface area (Å²) in [4.78, 5) is 36.0. The van der Waals surface area contributed by atoms with E-state index in [0.717, 1.165) is 9.80 Å².